The smallest absolute Gasteiger partial charge is 0.0343 e. The van der Waals surface area contributed by atoms with Crippen molar-refractivity contribution in [3.8, 4) is 0 Å². The Morgan fingerprint density at radius 2 is 2.05 bits per heavy atom. The molecule has 0 amide bonds. The van der Waals surface area contributed by atoms with Crippen LogP contribution in [0.1, 0.15) is 38.7 Å². The van der Waals surface area contributed by atoms with Crippen LogP contribution in [0, 0.1) is 5.92 Å². The van der Waals surface area contributed by atoms with Crippen LogP contribution in [0.25, 0.3) is 0 Å². The number of allylic oxidation sites excluding steroid dienone is 2. The minimum Gasteiger partial charge on any atom is -0.385 e. The Kier molecular flexibility index (Phi) is 6.13. The molecule has 2 rings (SSSR count). The summed E-state index contributed by atoms with van der Waals surface area (Å²) in [6, 6.07) is 8.89. The number of nitrogens with one attached hydrogen (secondary N) is 1. The van der Waals surface area contributed by atoms with Gasteiger partial charge in [0.1, 0.15) is 0 Å². The first-order valence-electron chi connectivity index (χ1n) is 8.02. The van der Waals surface area contributed by atoms with Gasteiger partial charge in [-0.1, -0.05) is 38.1 Å². The van der Waals surface area contributed by atoms with Crippen molar-refractivity contribution in [3.05, 3.63) is 42.0 Å². The maximum atomic E-state index is 3.61. The van der Waals surface area contributed by atoms with Crippen LogP contribution in [0.2, 0.25) is 0 Å². The number of nitrogens with zero attached hydrogens (tertiary/aromatic N) is 1. The summed E-state index contributed by atoms with van der Waals surface area (Å²) in [6.07, 6.45) is 8.43. The van der Waals surface area contributed by atoms with Crippen LogP contribution in [-0.2, 0) is 6.54 Å². The molecule has 1 N–H and O–H groups in total. The van der Waals surface area contributed by atoms with E-state index in [-0.39, 0.29) is 0 Å². The average molecular weight is 272 g/mol. The first-order chi connectivity index (χ1) is 9.81. The summed E-state index contributed by atoms with van der Waals surface area (Å²) in [4.78, 5) is 2.45. The fourth-order valence-corrected chi connectivity index (χ4v) is 2.79. The van der Waals surface area contributed by atoms with Crippen LogP contribution >= 0.6 is 0 Å². The standard InChI is InChI=1S/C18H28N2/c1-3-20(4-2)15-17-11-8-12-18(13-17)19-14-16-9-6-5-7-10-16/h5-6,8,11-13,16,19H,3-4,7,9-10,14-15H2,1-2H3. The van der Waals surface area contributed by atoms with E-state index in [4.69, 9.17) is 0 Å². The van der Waals surface area contributed by atoms with Gasteiger partial charge in [-0.15, -0.1) is 0 Å². The Labute approximate surface area is 123 Å². The van der Waals surface area contributed by atoms with Gasteiger partial charge in [0, 0.05) is 18.8 Å². The fourth-order valence-electron chi connectivity index (χ4n) is 2.79. The molecule has 0 bridgehead atoms. The SMILES string of the molecule is CCN(CC)Cc1cccc(NCC2CC=CCC2)c1. The van der Waals surface area contributed by atoms with Gasteiger partial charge >= 0.3 is 0 Å². The van der Waals surface area contributed by atoms with Gasteiger partial charge in [0.15, 0.2) is 0 Å². The zero-order valence-corrected chi connectivity index (χ0v) is 12.9. The summed E-state index contributed by atoms with van der Waals surface area (Å²) >= 11 is 0. The van der Waals surface area contributed by atoms with Gasteiger partial charge in [-0.25, -0.2) is 0 Å². The van der Waals surface area contributed by atoms with E-state index >= 15 is 0 Å². The van der Waals surface area contributed by atoms with Gasteiger partial charge in [0.05, 0.1) is 0 Å². The maximum Gasteiger partial charge on any atom is 0.0343 e. The molecule has 0 heterocycles. The number of hydrogen-bond acceptors (Lipinski definition) is 2. The Balaban J connectivity index is 1.87. The highest BCUT2D eigenvalue weighted by molar-refractivity contribution is 5.45. The number of hydrogen-bond donors (Lipinski definition) is 1. The van der Waals surface area contributed by atoms with Crippen LogP contribution in [0.4, 0.5) is 5.69 Å². The Hall–Kier alpha value is -1.28. The van der Waals surface area contributed by atoms with Gasteiger partial charge < -0.3 is 5.32 Å². The van der Waals surface area contributed by atoms with Gasteiger partial charge in [-0.2, -0.15) is 0 Å². The molecule has 0 radical (unpaired) electrons. The summed E-state index contributed by atoms with van der Waals surface area (Å²) in [5.74, 6) is 0.798. The second kappa shape index (κ2) is 8.11. The van der Waals surface area contributed by atoms with Crippen LogP contribution in [0.3, 0.4) is 0 Å². The number of rotatable bonds is 7. The molecule has 1 aromatic rings. The van der Waals surface area contributed by atoms with Gasteiger partial charge in [0.2, 0.25) is 0 Å². The number of anilines is 1. The average Bonchev–Trinajstić information content (AvgIpc) is 2.52. The molecular formula is C18H28N2. The Morgan fingerprint density at radius 3 is 2.75 bits per heavy atom. The van der Waals surface area contributed by atoms with E-state index in [9.17, 15) is 0 Å². The fraction of sp³-hybridized carbons (Fsp3) is 0.556. The van der Waals surface area contributed by atoms with Gasteiger partial charge in [-0.05, 0) is 56.0 Å². The predicted octanol–water partition coefficient (Wildman–Crippen LogP) is 4.30. The Bertz CT molecular complexity index is 421. The maximum absolute atomic E-state index is 3.61. The molecule has 20 heavy (non-hydrogen) atoms. The third kappa shape index (κ3) is 4.68. The summed E-state index contributed by atoms with van der Waals surface area (Å²) in [5.41, 5.74) is 2.67. The summed E-state index contributed by atoms with van der Waals surface area (Å²) in [5, 5.41) is 3.61. The zero-order chi connectivity index (χ0) is 14.2. The summed E-state index contributed by atoms with van der Waals surface area (Å²) in [6.45, 7) is 8.82. The van der Waals surface area contributed by atoms with Crippen molar-refractivity contribution in [3.63, 3.8) is 0 Å². The lowest BCUT2D eigenvalue weighted by Crippen LogP contribution is -2.22. The normalized spacial score (nSPS) is 18.4. The van der Waals surface area contributed by atoms with Crippen LogP contribution in [-0.4, -0.2) is 24.5 Å². The molecule has 1 aliphatic rings. The van der Waals surface area contributed by atoms with E-state index in [1.165, 1.54) is 30.5 Å². The predicted molar refractivity (Wildman–Crippen MR) is 88.0 cm³/mol. The van der Waals surface area contributed by atoms with E-state index < -0.39 is 0 Å². The zero-order valence-electron chi connectivity index (χ0n) is 12.9. The molecule has 1 aromatic carbocycles. The molecule has 0 fully saturated rings. The summed E-state index contributed by atoms with van der Waals surface area (Å²) in [7, 11) is 0. The third-order valence-corrected chi connectivity index (χ3v) is 4.20. The van der Waals surface area contributed by atoms with Crippen molar-refractivity contribution in [2.45, 2.75) is 39.7 Å². The highest BCUT2D eigenvalue weighted by Gasteiger charge is 2.09. The molecular weight excluding hydrogens is 244 g/mol. The largest absolute Gasteiger partial charge is 0.385 e. The molecule has 0 spiro atoms. The van der Waals surface area contributed by atoms with Crippen LogP contribution in [0.15, 0.2) is 36.4 Å². The van der Waals surface area contributed by atoms with E-state index in [0.717, 1.165) is 32.1 Å². The van der Waals surface area contributed by atoms with Crippen molar-refractivity contribution in [2.75, 3.05) is 25.0 Å². The third-order valence-electron chi connectivity index (χ3n) is 4.20. The van der Waals surface area contributed by atoms with E-state index in [2.05, 4.69) is 60.5 Å². The van der Waals surface area contributed by atoms with Crippen LogP contribution in [0.5, 0.6) is 0 Å². The minimum atomic E-state index is 0.798. The topological polar surface area (TPSA) is 15.3 Å². The van der Waals surface area contributed by atoms with Crippen molar-refractivity contribution in [2.24, 2.45) is 5.92 Å². The first-order valence-corrected chi connectivity index (χ1v) is 8.02. The van der Waals surface area contributed by atoms with E-state index in [0.29, 0.717) is 0 Å². The lowest BCUT2D eigenvalue weighted by molar-refractivity contribution is 0.296. The van der Waals surface area contributed by atoms with Gasteiger partial charge in [-0.3, -0.25) is 4.90 Å². The van der Waals surface area contributed by atoms with E-state index in [1.54, 1.807) is 0 Å². The Morgan fingerprint density at radius 1 is 1.20 bits per heavy atom. The molecule has 2 heteroatoms. The lowest BCUT2D eigenvalue weighted by Gasteiger charge is -2.20. The molecule has 1 atom stereocenters. The molecule has 0 aromatic heterocycles. The quantitative estimate of drug-likeness (QED) is 0.745. The van der Waals surface area contributed by atoms with Crippen LogP contribution < -0.4 is 5.32 Å². The van der Waals surface area contributed by atoms with Gasteiger partial charge in [0.25, 0.3) is 0 Å². The highest BCUT2D eigenvalue weighted by Crippen LogP contribution is 2.19. The highest BCUT2D eigenvalue weighted by atomic mass is 15.1. The molecule has 1 aliphatic carbocycles. The van der Waals surface area contributed by atoms with E-state index in [1.807, 2.05) is 0 Å². The first kappa shape index (κ1) is 15.1. The molecule has 0 aliphatic heterocycles. The second-order valence-corrected chi connectivity index (χ2v) is 5.69. The van der Waals surface area contributed by atoms with Crippen molar-refractivity contribution >= 4 is 5.69 Å². The monoisotopic (exact) mass is 272 g/mol. The molecule has 110 valence electrons. The summed E-state index contributed by atoms with van der Waals surface area (Å²) < 4.78 is 0. The molecule has 0 saturated carbocycles. The minimum absolute atomic E-state index is 0.798. The molecule has 2 nitrogen and oxygen atoms in total. The van der Waals surface area contributed by atoms with Crippen molar-refractivity contribution in [1.82, 2.24) is 4.90 Å². The molecule has 1 unspecified atom stereocenters. The van der Waals surface area contributed by atoms with Crippen molar-refractivity contribution in [1.29, 1.82) is 0 Å². The number of benzene rings is 1. The van der Waals surface area contributed by atoms with Crippen molar-refractivity contribution < 1.29 is 0 Å². The molecule has 0 saturated heterocycles. The lowest BCUT2D eigenvalue weighted by atomic mass is 9.94. The second-order valence-electron chi connectivity index (χ2n) is 5.69.